The van der Waals surface area contributed by atoms with Crippen LogP contribution in [0.2, 0.25) is 0 Å². The van der Waals surface area contributed by atoms with Gasteiger partial charge in [-0.05, 0) is 34.9 Å². The van der Waals surface area contributed by atoms with Crippen LogP contribution in [0, 0.1) is 0 Å². The Hall–Kier alpha value is -0.850. The van der Waals surface area contributed by atoms with E-state index in [2.05, 4.69) is 31.8 Å². The maximum absolute atomic E-state index is 4.19. The number of nitrogens with zero attached hydrogens (tertiary/aromatic N) is 1. The second-order valence-corrected chi connectivity index (χ2v) is 4.45. The summed E-state index contributed by atoms with van der Waals surface area (Å²) < 4.78 is 0. The van der Waals surface area contributed by atoms with Crippen LogP contribution in [0.3, 0.4) is 0 Å². The normalized spacial score (nSPS) is 25.4. The van der Waals surface area contributed by atoms with Crippen LogP contribution in [-0.4, -0.2) is 4.98 Å². The molecule has 0 saturated carbocycles. The lowest BCUT2D eigenvalue weighted by molar-refractivity contribution is 0.488. The summed E-state index contributed by atoms with van der Waals surface area (Å²) in [7, 11) is 0. The molecule has 0 radical (unpaired) electrons. The van der Waals surface area contributed by atoms with Crippen LogP contribution in [0.1, 0.15) is 44.2 Å². The Morgan fingerprint density at radius 1 is 1.50 bits per heavy atom. The molecule has 0 saturated heterocycles. The molecule has 1 heteroatoms. The number of hydrogen-bond donors (Lipinski definition) is 0. The third kappa shape index (κ3) is 0.961. The SMILES string of the molecule is C[C@@H]1CC(C)(C)c2cnccc21. The Balaban J connectivity index is 2.58. The predicted octanol–water partition coefficient (Wildman–Crippen LogP) is 2.87. The highest BCUT2D eigenvalue weighted by molar-refractivity contribution is 5.38. The Morgan fingerprint density at radius 2 is 2.25 bits per heavy atom. The van der Waals surface area contributed by atoms with Crippen LogP contribution in [0.5, 0.6) is 0 Å². The Kier molecular flexibility index (Phi) is 1.50. The van der Waals surface area contributed by atoms with Crippen molar-refractivity contribution in [1.29, 1.82) is 0 Å². The molecule has 64 valence electrons. The zero-order valence-corrected chi connectivity index (χ0v) is 7.96. The third-order valence-corrected chi connectivity index (χ3v) is 2.93. The van der Waals surface area contributed by atoms with Gasteiger partial charge in [0.25, 0.3) is 0 Å². The third-order valence-electron chi connectivity index (χ3n) is 2.93. The van der Waals surface area contributed by atoms with Crippen LogP contribution in [0.4, 0.5) is 0 Å². The molecule has 0 fully saturated rings. The fourth-order valence-electron chi connectivity index (χ4n) is 2.39. The lowest BCUT2D eigenvalue weighted by Gasteiger charge is -2.17. The van der Waals surface area contributed by atoms with Crippen molar-refractivity contribution in [3.63, 3.8) is 0 Å². The van der Waals surface area contributed by atoms with Gasteiger partial charge in [-0.1, -0.05) is 20.8 Å². The molecule has 0 amide bonds. The Labute approximate surface area is 73.8 Å². The number of rotatable bonds is 0. The first-order valence-electron chi connectivity index (χ1n) is 4.55. The lowest BCUT2D eigenvalue weighted by Crippen LogP contribution is -2.12. The van der Waals surface area contributed by atoms with E-state index in [1.807, 2.05) is 12.4 Å². The highest BCUT2D eigenvalue weighted by atomic mass is 14.6. The quantitative estimate of drug-likeness (QED) is 0.570. The van der Waals surface area contributed by atoms with Gasteiger partial charge in [-0.25, -0.2) is 0 Å². The van der Waals surface area contributed by atoms with E-state index in [0.29, 0.717) is 11.3 Å². The van der Waals surface area contributed by atoms with Gasteiger partial charge in [0.05, 0.1) is 0 Å². The molecule has 1 aromatic rings. The number of aromatic nitrogens is 1. The molecular weight excluding hydrogens is 146 g/mol. The molecule has 0 unspecified atom stereocenters. The fraction of sp³-hybridized carbons (Fsp3) is 0.545. The predicted molar refractivity (Wildman–Crippen MR) is 50.3 cm³/mol. The standard InChI is InChI=1S/C11H15N/c1-8-6-11(2,3)10-7-12-5-4-9(8)10/h4-5,7-8H,6H2,1-3H3/t8-/m1/s1. The van der Waals surface area contributed by atoms with E-state index in [1.54, 1.807) is 0 Å². The van der Waals surface area contributed by atoms with Crippen molar-refractivity contribution >= 4 is 0 Å². The molecule has 1 nitrogen and oxygen atoms in total. The van der Waals surface area contributed by atoms with Crippen molar-refractivity contribution in [2.45, 2.75) is 38.5 Å². The average Bonchev–Trinajstić information content (AvgIpc) is 2.25. The monoisotopic (exact) mass is 161 g/mol. The van der Waals surface area contributed by atoms with Gasteiger partial charge in [0.15, 0.2) is 0 Å². The summed E-state index contributed by atoms with van der Waals surface area (Å²) >= 11 is 0. The first kappa shape index (κ1) is 7.78. The molecule has 0 aromatic carbocycles. The molecule has 1 aromatic heterocycles. The zero-order chi connectivity index (χ0) is 8.77. The highest BCUT2D eigenvalue weighted by Gasteiger charge is 2.34. The summed E-state index contributed by atoms with van der Waals surface area (Å²) in [6.45, 7) is 6.90. The summed E-state index contributed by atoms with van der Waals surface area (Å²) in [6, 6.07) is 2.16. The van der Waals surface area contributed by atoms with Crippen LogP contribution in [-0.2, 0) is 5.41 Å². The van der Waals surface area contributed by atoms with E-state index in [0.717, 1.165) is 0 Å². The molecule has 1 aliphatic rings. The Bertz CT molecular complexity index is 302. The van der Waals surface area contributed by atoms with Crippen molar-refractivity contribution in [3.8, 4) is 0 Å². The van der Waals surface area contributed by atoms with Crippen LogP contribution in [0.25, 0.3) is 0 Å². The molecule has 0 bridgehead atoms. The van der Waals surface area contributed by atoms with Crippen LogP contribution < -0.4 is 0 Å². The summed E-state index contributed by atoms with van der Waals surface area (Å²) in [5.74, 6) is 0.706. The maximum Gasteiger partial charge on any atom is 0.0308 e. The van der Waals surface area contributed by atoms with E-state index in [-0.39, 0.29) is 0 Å². The minimum absolute atomic E-state index is 0.336. The average molecular weight is 161 g/mol. The van der Waals surface area contributed by atoms with Gasteiger partial charge >= 0.3 is 0 Å². The zero-order valence-electron chi connectivity index (χ0n) is 7.96. The van der Waals surface area contributed by atoms with Crippen molar-refractivity contribution in [2.75, 3.05) is 0 Å². The summed E-state index contributed by atoms with van der Waals surface area (Å²) in [5, 5.41) is 0. The van der Waals surface area contributed by atoms with Gasteiger partial charge in [0.2, 0.25) is 0 Å². The first-order chi connectivity index (χ1) is 5.61. The Morgan fingerprint density at radius 3 is 2.92 bits per heavy atom. The highest BCUT2D eigenvalue weighted by Crippen LogP contribution is 2.44. The van der Waals surface area contributed by atoms with Gasteiger partial charge in [-0.3, -0.25) is 4.98 Å². The number of pyridine rings is 1. The number of fused-ring (bicyclic) bond motifs is 1. The van der Waals surface area contributed by atoms with E-state index in [9.17, 15) is 0 Å². The lowest BCUT2D eigenvalue weighted by atomic mass is 9.87. The molecular formula is C11H15N. The molecule has 0 N–H and O–H groups in total. The van der Waals surface area contributed by atoms with Gasteiger partial charge in [-0.15, -0.1) is 0 Å². The van der Waals surface area contributed by atoms with E-state index in [1.165, 1.54) is 17.5 Å². The minimum atomic E-state index is 0.336. The van der Waals surface area contributed by atoms with Gasteiger partial charge in [0.1, 0.15) is 0 Å². The molecule has 2 rings (SSSR count). The topological polar surface area (TPSA) is 12.9 Å². The largest absolute Gasteiger partial charge is 0.264 e. The van der Waals surface area contributed by atoms with Crippen molar-refractivity contribution < 1.29 is 0 Å². The van der Waals surface area contributed by atoms with Gasteiger partial charge < -0.3 is 0 Å². The molecule has 1 heterocycles. The van der Waals surface area contributed by atoms with Crippen LogP contribution in [0.15, 0.2) is 18.5 Å². The van der Waals surface area contributed by atoms with Crippen molar-refractivity contribution in [1.82, 2.24) is 4.98 Å². The second-order valence-electron chi connectivity index (χ2n) is 4.45. The van der Waals surface area contributed by atoms with Gasteiger partial charge in [0, 0.05) is 12.4 Å². The van der Waals surface area contributed by atoms with Crippen LogP contribution >= 0.6 is 0 Å². The summed E-state index contributed by atoms with van der Waals surface area (Å²) in [4.78, 5) is 4.19. The number of hydrogen-bond acceptors (Lipinski definition) is 1. The molecule has 0 aliphatic heterocycles. The maximum atomic E-state index is 4.19. The van der Waals surface area contributed by atoms with Crippen molar-refractivity contribution in [3.05, 3.63) is 29.6 Å². The van der Waals surface area contributed by atoms with E-state index < -0.39 is 0 Å². The van der Waals surface area contributed by atoms with E-state index in [4.69, 9.17) is 0 Å². The van der Waals surface area contributed by atoms with Crippen molar-refractivity contribution in [2.24, 2.45) is 0 Å². The molecule has 1 aliphatic carbocycles. The molecule has 1 atom stereocenters. The molecule has 12 heavy (non-hydrogen) atoms. The summed E-state index contributed by atoms with van der Waals surface area (Å²) in [5.41, 5.74) is 3.27. The fourth-order valence-corrected chi connectivity index (χ4v) is 2.39. The summed E-state index contributed by atoms with van der Waals surface area (Å²) in [6.07, 6.45) is 5.18. The smallest absolute Gasteiger partial charge is 0.0308 e. The molecule has 0 spiro atoms. The van der Waals surface area contributed by atoms with Gasteiger partial charge in [-0.2, -0.15) is 0 Å². The minimum Gasteiger partial charge on any atom is -0.264 e. The second kappa shape index (κ2) is 2.32. The first-order valence-corrected chi connectivity index (χ1v) is 4.55. The van der Waals surface area contributed by atoms with E-state index >= 15 is 0 Å².